The van der Waals surface area contributed by atoms with Gasteiger partial charge >= 0.3 is 0 Å². The Kier molecular flexibility index (Phi) is 9.27. The Hall–Kier alpha value is -1.06. The van der Waals surface area contributed by atoms with Crippen LogP contribution < -0.4 is 5.32 Å². The van der Waals surface area contributed by atoms with Gasteiger partial charge in [-0.05, 0) is 51.1 Å². The van der Waals surface area contributed by atoms with Crippen molar-refractivity contribution in [3.05, 3.63) is 35.4 Å². The van der Waals surface area contributed by atoms with Gasteiger partial charge in [0.1, 0.15) is 0 Å². The van der Waals surface area contributed by atoms with Crippen LogP contribution >= 0.6 is 12.4 Å². The largest absolute Gasteiger partial charge is 0.338 e. The number of benzene rings is 1. The van der Waals surface area contributed by atoms with E-state index >= 15 is 0 Å². The van der Waals surface area contributed by atoms with Gasteiger partial charge in [-0.1, -0.05) is 36.8 Å². The van der Waals surface area contributed by atoms with Crippen LogP contribution in [0.3, 0.4) is 0 Å². The Morgan fingerprint density at radius 2 is 2.00 bits per heavy atom. The number of hydrogen-bond donors (Lipinski definition) is 1. The molecular formula is C19H31ClN2O. The zero-order valence-corrected chi connectivity index (χ0v) is 15.3. The molecule has 0 spiro atoms. The highest BCUT2D eigenvalue weighted by Gasteiger charge is 2.25. The van der Waals surface area contributed by atoms with E-state index in [-0.39, 0.29) is 12.4 Å². The standard InChI is InChI=1S/C19H30N2O.ClH/c1-3-14-21(18-12-13-20-15-18)19(22)7-5-4-6-17-10-8-16(2)9-11-17;/h8-11,18,20H,3-7,12-15H2,1-2H3;1H. The molecule has 1 fully saturated rings. The number of carbonyl (C=O) groups excluding carboxylic acids is 1. The van der Waals surface area contributed by atoms with E-state index in [1.165, 1.54) is 11.1 Å². The predicted octanol–water partition coefficient (Wildman–Crippen LogP) is 3.73. The molecule has 0 aromatic heterocycles. The minimum absolute atomic E-state index is 0. The highest BCUT2D eigenvalue weighted by Crippen LogP contribution is 2.14. The van der Waals surface area contributed by atoms with Gasteiger partial charge in [-0.15, -0.1) is 12.4 Å². The van der Waals surface area contributed by atoms with Crippen molar-refractivity contribution in [2.45, 2.75) is 58.4 Å². The normalized spacial score (nSPS) is 16.9. The van der Waals surface area contributed by atoms with Crippen LogP contribution in [0.15, 0.2) is 24.3 Å². The quantitative estimate of drug-likeness (QED) is 0.732. The maximum Gasteiger partial charge on any atom is 0.222 e. The summed E-state index contributed by atoms with van der Waals surface area (Å²) in [6.07, 6.45) is 6.01. The van der Waals surface area contributed by atoms with Crippen molar-refractivity contribution in [3.63, 3.8) is 0 Å². The van der Waals surface area contributed by atoms with Crippen molar-refractivity contribution in [2.75, 3.05) is 19.6 Å². The number of aryl methyl sites for hydroxylation is 2. The second-order valence-electron chi connectivity index (χ2n) is 6.43. The van der Waals surface area contributed by atoms with E-state index in [1.54, 1.807) is 0 Å². The average molecular weight is 339 g/mol. The van der Waals surface area contributed by atoms with Gasteiger partial charge in [-0.2, -0.15) is 0 Å². The van der Waals surface area contributed by atoms with Crippen LogP contribution in [0.4, 0.5) is 0 Å². The molecule has 0 aliphatic carbocycles. The summed E-state index contributed by atoms with van der Waals surface area (Å²) in [5.74, 6) is 0.347. The van der Waals surface area contributed by atoms with E-state index in [0.717, 1.165) is 51.7 Å². The fourth-order valence-electron chi connectivity index (χ4n) is 3.16. The van der Waals surface area contributed by atoms with Crippen LogP contribution in [0, 0.1) is 6.92 Å². The Labute approximate surface area is 147 Å². The van der Waals surface area contributed by atoms with Crippen molar-refractivity contribution in [2.24, 2.45) is 0 Å². The van der Waals surface area contributed by atoms with Crippen molar-refractivity contribution >= 4 is 18.3 Å². The van der Waals surface area contributed by atoms with Gasteiger partial charge < -0.3 is 10.2 Å². The molecule has 2 rings (SSSR count). The van der Waals surface area contributed by atoms with Crippen molar-refractivity contribution in [3.8, 4) is 0 Å². The first kappa shape index (κ1) is 20.0. The van der Waals surface area contributed by atoms with Gasteiger partial charge in [-0.3, -0.25) is 4.79 Å². The number of amides is 1. The lowest BCUT2D eigenvalue weighted by molar-refractivity contribution is -0.133. The van der Waals surface area contributed by atoms with E-state index in [4.69, 9.17) is 0 Å². The van der Waals surface area contributed by atoms with E-state index in [9.17, 15) is 4.79 Å². The summed E-state index contributed by atoms with van der Waals surface area (Å²) in [6.45, 7) is 7.19. The molecule has 1 N–H and O–H groups in total. The molecule has 4 heteroatoms. The third-order valence-electron chi connectivity index (χ3n) is 4.49. The molecule has 1 atom stereocenters. The molecule has 1 amide bonds. The zero-order valence-electron chi connectivity index (χ0n) is 14.5. The molecular weight excluding hydrogens is 308 g/mol. The van der Waals surface area contributed by atoms with Crippen LogP contribution in [-0.4, -0.2) is 36.5 Å². The molecule has 23 heavy (non-hydrogen) atoms. The van der Waals surface area contributed by atoms with Crippen LogP contribution in [0.1, 0.15) is 50.2 Å². The summed E-state index contributed by atoms with van der Waals surface area (Å²) in [7, 11) is 0. The fraction of sp³-hybridized carbons (Fsp3) is 0.632. The van der Waals surface area contributed by atoms with Gasteiger partial charge in [0.15, 0.2) is 0 Å². The lowest BCUT2D eigenvalue weighted by Crippen LogP contribution is -2.41. The fourth-order valence-corrected chi connectivity index (χ4v) is 3.16. The topological polar surface area (TPSA) is 32.3 Å². The Balaban J connectivity index is 0.00000264. The number of carbonyl (C=O) groups is 1. The smallest absolute Gasteiger partial charge is 0.222 e. The van der Waals surface area contributed by atoms with Crippen LogP contribution in [-0.2, 0) is 11.2 Å². The molecule has 3 nitrogen and oxygen atoms in total. The summed E-state index contributed by atoms with van der Waals surface area (Å²) in [6, 6.07) is 9.15. The van der Waals surface area contributed by atoms with Crippen molar-refractivity contribution in [1.29, 1.82) is 0 Å². The number of rotatable bonds is 8. The van der Waals surface area contributed by atoms with Crippen LogP contribution in [0.2, 0.25) is 0 Å². The summed E-state index contributed by atoms with van der Waals surface area (Å²) >= 11 is 0. The Bertz CT molecular complexity index is 455. The maximum atomic E-state index is 12.5. The van der Waals surface area contributed by atoms with E-state index in [1.807, 2.05) is 0 Å². The van der Waals surface area contributed by atoms with Gasteiger partial charge in [0.05, 0.1) is 0 Å². The van der Waals surface area contributed by atoms with Crippen LogP contribution in [0.25, 0.3) is 0 Å². The number of nitrogens with one attached hydrogen (secondary N) is 1. The van der Waals surface area contributed by atoms with E-state index < -0.39 is 0 Å². The molecule has 1 unspecified atom stereocenters. The third-order valence-corrected chi connectivity index (χ3v) is 4.49. The van der Waals surface area contributed by atoms with Crippen molar-refractivity contribution in [1.82, 2.24) is 10.2 Å². The first-order valence-corrected chi connectivity index (χ1v) is 8.76. The minimum Gasteiger partial charge on any atom is -0.338 e. The molecule has 0 bridgehead atoms. The second-order valence-corrected chi connectivity index (χ2v) is 6.43. The molecule has 1 aromatic rings. The molecule has 1 aliphatic heterocycles. The third kappa shape index (κ3) is 6.52. The Morgan fingerprint density at radius 1 is 1.26 bits per heavy atom. The maximum absolute atomic E-state index is 12.5. The number of hydrogen-bond acceptors (Lipinski definition) is 2. The summed E-state index contributed by atoms with van der Waals surface area (Å²) in [5.41, 5.74) is 2.68. The average Bonchev–Trinajstić information content (AvgIpc) is 3.04. The summed E-state index contributed by atoms with van der Waals surface area (Å²) < 4.78 is 0. The molecule has 130 valence electrons. The van der Waals surface area contributed by atoms with Gasteiger partial charge in [0.25, 0.3) is 0 Å². The monoisotopic (exact) mass is 338 g/mol. The first-order chi connectivity index (χ1) is 10.7. The highest BCUT2D eigenvalue weighted by atomic mass is 35.5. The molecule has 0 saturated carbocycles. The minimum atomic E-state index is 0. The molecule has 0 radical (unpaired) electrons. The number of unbranched alkanes of at least 4 members (excludes halogenated alkanes) is 1. The molecule has 1 aromatic carbocycles. The molecule has 1 aliphatic rings. The van der Waals surface area contributed by atoms with Gasteiger partial charge in [-0.25, -0.2) is 0 Å². The molecule has 1 heterocycles. The highest BCUT2D eigenvalue weighted by molar-refractivity contribution is 5.85. The second kappa shape index (κ2) is 10.7. The lowest BCUT2D eigenvalue weighted by atomic mass is 10.0. The van der Waals surface area contributed by atoms with Gasteiger partial charge in [0, 0.05) is 25.6 Å². The van der Waals surface area contributed by atoms with Crippen molar-refractivity contribution < 1.29 is 4.79 Å². The van der Waals surface area contributed by atoms with Crippen LogP contribution in [0.5, 0.6) is 0 Å². The SMILES string of the molecule is CCCN(C(=O)CCCCc1ccc(C)cc1)C1CCNC1.Cl. The number of halogens is 1. The summed E-state index contributed by atoms with van der Waals surface area (Å²) in [4.78, 5) is 14.6. The molecule has 1 saturated heterocycles. The summed E-state index contributed by atoms with van der Waals surface area (Å²) in [5, 5.41) is 3.37. The van der Waals surface area contributed by atoms with E-state index in [0.29, 0.717) is 18.4 Å². The lowest BCUT2D eigenvalue weighted by Gasteiger charge is -2.28. The van der Waals surface area contributed by atoms with Gasteiger partial charge in [0.2, 0.25) is 5.91 Å². The zero-order chi connectivity index (χ0) is 15.8. The predicted molar refractivity (Wildman–Crippen MR) is 99.3 cm³/mol. The first-order valence-electron chi connectivity index (χ1n) is 8.76. The Morgan fingerprint density at radius 3 is 2.61 bits per heavy atom. The number of nitrogens with zero attached hydrogens (tertiary/aromatic N) is 1. The van der Waals surface area contributed by atoms with E-state index in [2.05, 4.69) is 48.3 Å².